The molecule has 0 aromatic heterocycles. The molecule has 6 heteroatoms. The van der Waals surface area contributed by atoms with Crippen molar-refractivity contribution in [1.82, 2.24) is 5.32 Å². The zero-order chi connectivity index (χ0) is 17.5. The van der Waals surface area contributed by atoms with Gasteiger partial charge in [0, 0.05) is 22.2 Å². The van der Waals surface area contributed by atoms with Crippen molar-refractivity contribution in [3.8, 4) is 11.5 Å². The first-order valence-electron chi connectivity index (χ1n) is 7.77. The molecule has 0 bridgehead atoms. The van der Waals surface area contributed by atoms with Crippen LogP contribution < -0.4 is 14.8 Å². The lowest BCUT2D eigenvalue weighted by atomic mass is 10.2. The summed E-state index contributed by atoms with van der Waals surface area (Å²) in [6.45, 7) is 6.61. The summed E-state index contributed by atoms with van der Waals surface area (Å²) in [6.07, 6.45) is 0. The molecular formula is C18H20BrCl2NO2. The maximum atomic E-state index is 6.20. The topological polar surface area (TPSA) is 30.5 Å². The molecule has 0 amide bonds. The Balaban J connectivity index is 2.21. The maximum absolute atomic E-state index is 6.20. The van der Waals surface area contributed by atoms with Crippen LogP contribution in [0, 0.1) is 0 Å². The standard InChI is InChI=1S/C18H20BrCl2NO2/c1-3-22-10-12-7-15(19)18(17(8-12)23-4-2)24-11-13-5-6-14(20)9-16(13)21/h5-9,22H,3-4,10-11H2,1-2H3. The zero-order valence-electron chi connectivity index (χ0n) is 13.7. The first-order chi connectivity index (χ1) is 11.5. The van der Waals surface area contributed by atoms with Gasteiger partial charge in [0.1, 0.15) is 6.61 Å². The summed E-state index contributed by atoms with van der Waals surface area (Å²) in [5.41, 5.74) is 2.00. The SMILES string of the molecule is CCNCc1cc(Br)c(OCc2ccc(Cl)cc2Cl)c(OCC)c1. The number of halogens is 3. The molecule has 0 aliphatic heterocycles. The summed E-state index contributed by atoms with van der Waals surface area (Å²) in [4.78, 5) is 0. The van der Waals surface area contributed by atoms with Gasteiger partial charge in [-0.25, -0.2) is 0 Å². The largest absolute Gasteiger partial charge is 0.490 e. The van der Waals surface area contributed by atoms with E-state index < -0.39 is 0 Å². The van der Waals surface area contributed by atoms with Gasteiger partial charge in [0.15, 0.2) is 11.5 Å². The summed E-state index contributed by atoms with van der Waals surface area (Å²) in [6, 6.07) is 9.39. The summed E-state index contributed by atoms with van der Waals surface area (Å²) in [5.74, 6) is 1.38. The second-order valence-electron chi connectivity index (χ2n) is 5.14. The van der Waals surface area contributed by atoms with E-state index in [-0.39, 0.29) is 0 Å². The minimum Gasteiger partial charge on any atom is -0.490 e. The van der Waals surface area contributed by atoms with Crippen LogP contribution in [0.1, 0.15) is 25.0 Å². The highest BCUT2D eigenvalue weighted by Gasteiger charge is 2.13. The van der Waals surface area contributed by atoms with Crippen molar-refractivity contribution in [2.75, 3.05) is 13.2 Å². The zero-order valence-corrected chi connectivity index (χ0v) is 16.8. The quantitative estimate of drug-likeness (QED) is 0.567. The fraction of sp³-hybridized carbons (Fsp3) is 0.333. The van der Waals surface area contributed by atoms with E-state index in [1.807, 2.05) is 25.1 Å². The van der Waals surface area contributed by atoms with E-state index in [0.29, 0.717) is 34.8 Å². The van der Waals surface area contributed by atoms with E-state index in [2.05, 4.69) is 28.2 Å². The molecule has 0 fully saturated rings. The van der Waals surface area contributed by atoms with Gasteiger partial charge in [-0.3, -0.25) is 0 Å². The molecular weight excluding hydrogens is 413 g/mol. The minimum atomic E-state index is 0.335. The number of hydrogen-bond acceptors (Lipinski definition) is 3. The monoisotopic (exact) mass is 431 g/mol. The first kappa shape index (κ1) is 19.4. The molecule has 0 saturated carbocycles. The van der Waals surface area contributed by atoms with Crippen molar-refractivity contribution in [1.29, 1.82) is 0 Å². The highest BCUT2D eigenvalue weighted by atomic mass is 79.9. The van der Waals surface area contributed by atoms with Gasteiger partial charge in [-0.1, -0.05) is 36.2 Å². The van der Waals surface area contributed by atoms with Crippen molar-refractivity contribution < 1.29 is 9.47 Å². The molecule has 0 saturated heterocycles. The smallest absolute Gasteiger partial charge is 0.175 e. The van der Waals surface area contributed by atoms with Gasteiger partial charge >= 0.3 is 0 Å². The van der Waals surface area contributed by atoms with E-state index in [1.165, 1.54) is 0 Å². The van der Waals surface area contributed by atoms with Crippen LogP contribution in [-0.2, 0) is 13.2 Å². The van der Waals surface area contributed by atoms with Gasteiger partial charge in [0.25, 0.3) is 0 Å². The number of ether oxygens (including phenoxy) is 2. The molecule has 0 unspecified atom stereocenters. The predicted molar refractivity (Wildman–Crippen MR) is 103 cm³/mol. The van der Waals surface area contributed by atoms with Crippen LogP contribution in [0.15, 0.2) is 34.8 Å². The molecule has 0 radical (unpaired) electrons. The molecule has 0 heterocycles. The molecule has 0 aliphatic rings. The van der Waals surface area contributed by atoms with Crippen molar-refractivity contribution in [3.63, 3.8) is 0 Å². The molecule has 2 aromatic rings. The lowest BCUT2D eigenvalue weighted by Gasteiger charge is -2.16. The lowest BCUT2D eigenvalue weighted by Crippen LogP contribution is -2.12. The van der Waals surface area contributed by atoms with Crippen LogP contribution in [-0.4, -0.2) is 13.2 Å². The number of hydrogen-bond donors (Lipinski definition) is 1. The average Bonchev–Trinajstić information content (AvgIpc) is 2.54. The van der Waals surface area contributed by atoms with Gasteiger partial charge in [-0.15, -0.1) is 0 Å². The van der Waals surface area contributed by atoms with Crippen molar-refractivity contribution in [2.45, 2.75) is 27.0 Å². The maximum Gasteiger partial charge on any atom is 0.175 e. The molecule has 130 valence electrons. The van der Waals surface area contributed by atoms with E-state index in [0.717, 1.165) is 28.7 Å². The fourth-order valence-electron chi connectivity index (χ4n) is 2.18. The third-order valence-corrected chi connectivity index (χ3v) is 4.51. The third-order valence-electron chi connectivity index (χ3n) is 3.34. The average molecular weight is 433 g/mol. The van der Waals surface area contributed by atoms with Crippen LogP contribution in [0.5, 0.6) is 11.5 Å². The Kier molecular flexibility index (Phi) is 7.69. The molecule has 0 aliphatic carbocycles. The molecule has 2 aromatic carbocycles. The van der Waals surface area contributed by atoms with Crippen molar-refractivity contribution >= 4 is 39.1 Å². The van der Waals surface area contributed by atoms with Gasteiger partial charge in [0.2, 0.25) is 0 Å². The summed E-state index contributed by atoms with van der Waals surface area (Å²) in [5, 5.41) is 4.49. The van der Waals surface area contributed by atoms with E-state index in [4.69, 9.17) is 32.7 Å². The first-order valence-corrected chi connectivity index (χ1v) is 9.32. The Bertz CT molecular complexity index is 695. The Morgan fingerprint density at radius 3 is 2.54 bits per heavy atom. The number of benzene rings is 2. The normalized spacial score (nSPS) is 10.7. The Hall–Kier alpha value is -0.940. The van der Waals surface area contributed by atoms with Crippen LogP contribution in [0.25, 0.3) is 0 Å². The van der Waals surface area contributed by atoms with Crippen LogP contribution in [0.2, 0.25) is 10.0 Å². The van der Waals surface area contributed by atoms with Crippen LogP contribution >= 0.6 is 39.1 Å². The van der Waals surface area contributed by atoms with Crippen LogP contribution in [0.4, 0.5) is 0 Å². The molecule has 3 nitrogen and oxygen atoms in total. The molecule has 0 atom stereocenters. The highest BCUT2D eigenvalue weighted by Crippen LogP contribution is 2.38. The fourth-order valence-corrected chi connectivity index (χ4v) is 3.25. The van der Waals surface area contributed by atoms with Gasteiger partial charge in [0.05, 0.1) is 11.1 Å². The van der Waals surface area contributed by atoms with Crippen molar-refractivity contribution in [3.05, 3.63) is 56.0 Å². The minimum absolute atomic E-state index is 0.335. The van der Waals surface area contributed by atoms with E-state index >= 15 is 0 Å². The lowest BCUT2D eigenvalue weighted by molar-refractivity contribution is 0.267. The molecule has 24 heavy (non-hydrogen) atoms. The second-order valence-corrected chi connectivity index (χ2v) is 6.84. The summed E-state index contributed by atoms with van der Waals surface area (Å²) in [7, 11) is 0. The second kappa shape index (κ2) is 9.52. The third kappa shape index (κ3) is 5.28. The summed E-state index contributed by atoms with van der Waals surface area (Å²) < 4.78 is 12.6. The van der Waals surface area contributed by atoms with E-state index in [1.54, 1.807) is 12.1 Å². The van der Waals surface area contributed by atoms with Gasteiger partial charge in [-0.05, 0) is 59.2 Å². The molecule has 0 spiro atoms. The Labute approximate surface area is 161 Å². The molecule has 1 N–H and O–H groups in total. The number of rotatable bonds is 8. The summed E-state index contributed by atoms with van der Waals surface area (Å²) >= 11 is 15.7. The predicted octanol–water partition coefficient (Wildman–Crippen LogP) is 5.84. The molecule has 2 rings (SSSR count). The Morgan fingerprint density at radius 1 is 1.08 bits per heavy atom. The number of nitrogens with one attached hydrogen (secondary N) is 1. The van der Waals surface area contributed by atoms with E-state index in [9.17, 15) is 0 Å². The highest BCUT2D eigenvalue weighted by molar-refractivity contribution is 9.10. The Morgan fingerprint density at radius 2 is 1.88 bits per heavy atom. The van der Waals surface area contributed by atoms with Crippen LogP contribution in [0.3, 0.4) is 0 Å². The van der Waals surface area contributed by atoms with Gasteiger partial charge < -0.3 is 14.8 Å². The van der Waals surface area contributed by atoms with Crippen molar-refractivity contribution in [2.24, 2.45) is 0 Å². The van der Waals surface area contributed by atoms with Gasteiger partial charge in [-0.2, -0.15) is 0 Å².